The zero-order valence-corrected chi connectivity index (χ0v) is 10.1. The molecule has 0 bridgehead atoms. The molecule has 16 heavy (non-hydrogen) atoms. The molecule has 0 amide bonds. The number of hydrogen-bond donors (Lipinski definition) is 0. The first kappa shape index (κ1) is 11.0. The van der Waals surface area contributed by atoms with Crippen molar-refractivity contribution in [1.82, 2.24) is 14.5 Å². The second-order valence-electron chi connectivity index (χ2n) is 3.35. The lowest BCUT2D eigenvalue weighted by Crippen LogP contribution is -2.21. The lowest BCUT2D eigenvalue weighted by Gasteiger charge is -2.04. The van der Waals surface area contributed by atoms with E-state index in [1.165, 1.54) is 6.20 Å². The number of halogens is 1. The van der Waals surface area contributed by atoms with Crippen LogP contribution < -0.4 is 5.56 Å². The predicted molar refractivity (Wildman–Crippen MR) is 64.1 cm³/mol. The molecular formula is C11H10BrN3O. The topological polar surface area (TPSA) is 47.8 Å². The van der Waals surface area contributed by atoms with Gasteiger partial charge in [-0.15, -0.1) is 0 Å². The molecule has 2 aromatic rings. The van der Waals surface area contributed by atoms with Gasteiger partial charge in [0, 0.05) is 25.1 Å². The second kappa shape index (κ2) is 5.03. The Morgan fingerprint density at radius 3 is 2.75 bits per heavy atom. The number of nitrogens with zero attached hydrogens (tertiary/aromatic N) is 3. The van der Waals surface area contributed by atoms with Crippen LogP contribution in [-0.2, 0) is 13.0 Å². The first-order valence-electron chi connectivity index (χ1n) is 4.86. The lowest BCUT2D eigenvalue weighted by molar-refractivity contribution is 0.651. The molecule has 0 aromatic carbocycles. The van der Waals surface area contributed by atoms with Gasteiger partial charge in [0.05, 0.1) is 6.33 Å². The summed E-state index contributed by atoms with van der Waals surface area (Å²) in [6.45, 7) is 0.620. The summed E-state index contributed by atoms with van der Waals surface area (Å²) in [6, 6.07) is 3.88. The summed E-state index contributed by atoms with van der Waals surface area (Å²) in [7, 11) is 0. The van der Waals surface area contributed by atoms with Gasteiger partial charge >= 0.3 is 0 Å². The van der Waals surface area contributed by atoms with E-state index in [1.807, 2.05) is 12.1 Å². The van der Waals surface area contributed by atoms with E-state index in [0.717, 1.165) is 12.0 Å². The van der Waals surface area contributed by atoms with Crippen molar-refractivity contribution in [2.45, 2.75) is 13.0 Å². The van der Waals surface area contributed by atoms with E-state index < -0.39 is 0 Å². The van der Waals surface area contributed by atoms with Crippen LogP contribution >= 0.6 is 15.9 Å². The summed E-state index contributed by atoms with van der Waals surface area (Å²) in [5, 5.41) is 0. The highest BCUT2D eigenvalue weighted by Crippen LogP contribution is 2.01. The van der Waals surface area contributed by atoms with E-state index in [9.17, 15) is 4.79 Å². The van der Waals surface area contributed by atoms with Gasteiger partial charge in [-0.25, -0.2) is 4.98 Å². The molecule has 2 rings (SSSR count). The Bertz CT molecular complexity index is 524. The average Bonchev–Trinajstić information content (AvgIpc) is 2.32. The van der Waals surface area contributed by atoms with Crippen LogP contribution in [0.3, 0.4) is 0 Å². The van der Waals surface area contributed by atoms with Crippen molar-refractivity contribution < 1.29 is 0 Å². The van der Waals surface area contributed by atoms with Crippen molar-refractivity contribution in [3.05, 3.63) is 57.4 Å². The van der Waals surface area contributed by atoms with Crippen molar-refractivity contribution in [2.24, 2.45) is 0 Å². The van der Waals surface area contributed by atoms with Crippen molar-refractivity contribution in [3.8, 4) is 0 Å². The molecule has 5 heteroatoms. The van der Waals surface area contributed by atoms with E-state index in [4.69, 9.17) is 0 Å². The maximum Gasteiger partial charge on any atom is 0.267 e. The second-order valence-corrected chi connectivity index (χ2v) is 4.20. The summed E-state index contributed by atoms with van der Waals surface area (Å²) >= 11 is 3.17. The Morgan fingerprint density at radius 1 is 1.25 bits per heavy atom. The molecule has 0 radical (unpaired) electrons. The smallest absolute Gasteiger partial charge is 0.267 e. The first-order chi connectivity index (χ1) is 7.77. The van der Waals surface area contributed by atoms with Crippen LogP contribution in [0.2, 0.25) is 0 Å². The van der Waals surface area contributed by atoms with Crippen LogP contribution in [0.15, 0.2) is 46.3 Å². The van der Waals surface area contributed by atoms with Crippen LogP contribution in [0.4, 0.5) is 0 Å². The third-order valence-electron chi connectivity index (χ3n) is 2.25. The minimum Gasteiger partial charge on any atom is -0.298 e. The van der Waals surface area contributed by atoms with Crippen LogP contribution in [0.1, 0.15) is 5.56 Å². The minimum absolute atomic E-state index is 0.0518. The van der Waals surface area contributed by atoms with E-state index >= 15 is 0 Å². The maximum absolute atomic E-state index is 11.7. The van der Waals surface area contributed by atoms with Gasteiger partial charge in [-0.1, -0.05) is 0 Å². The lowest BCUT2D eigenvalue weighted by atomic mass is 10.2. The fraction of sp³-hybridized carbons (Fsp3) is 0.182. The summed E-state index contributed by atoms with van der Waals surface area (Å²) in [5.41, 5.74) is 1.10. The summed E-state index contributed by atoms with van der Waals surface area (Å²) in [6.07, 6.45) is 7.34. The van der Waals surface area contributed by atoms with Gasteiger partial charge in [-0.3, -0.25) is 14.3 Å². The van der Waals surface area contributed by atoms with Crippen molar-refractivity contribution >= 4 is 15.9 Å². The fourth-order valence-electron chi connectivity index (χ4n) is 1.38. The molecule has 0 spiro atoms. The molecule has 0 atom stereocenters. The predicted octanol–water partition coefficient (Wildman–Crippen LogP) is 1.64. The largest absolute Gasteiger partial charge is 0.298 e. The van der Waals surface area contributed by atoms with Crippen molar-refractivity contribution in [3.63, 3.8) is 0 Å². The molecule has 0 aliphatic rings. The Kier molecular flexibility index (Phi) is 3.46. The zero-order chi connectivity index (χ0) is 11.4. The Hall–Kier alpha value is -1.49. The van der Waals surface area contributed by atoms with Crippen LogP contribution in [0.5, 0.6) is 0 Å². The molecule has 0 aliphatic heterocycles. The quantitative estimate of drug-likeness (QED) is 0.858. The van der Waals surface area contributed by atoms with Crippen LogP contribution in [0.25, 0.3) is 0 Å². The van der Waals surface area contributed by atoms with Gasteiger partial charge in [0.2, 0.25) is 0 Å². The highest BCUT2D eigenvalue weighted by atomic mass is 79.9. The van der Waals surface area contributed by atoms with E-state index in [0.29, 0.717) is 11.0 Å². The average molecular weight is 280 g/mol. The molecule has 82 valence electrons. The van der Waals surface area contributed by atoms with E-state index in [1.54, 1.807) is 23.3 Å². The van der Waals surface area contributed by atoms with Gasteiger partial charge in [0.15, 0.2) is 0 Å². The number of aryl methyl sites for hydroxylation is 2. The van der Waals surface area contributed by atoms with E-state index in [-0.39, 0.29) is 5.56 Å². The number of pyridine rings is 1. The number of aromatic nitrogens is 3. The molecule has 2 heterocycles. The summed E-state index contributed by atoms with van der Waals surface area (Å²) in [4.78, 5) is 19.6. The normalized spacial score (nSPS) is 10.3. The molecule has 0 aliphatic carbocycles. The van der Waals surface area contributed by atoms with Gasteiger partial charge in [-0.05, 0) is 40.0 Å². The highest BCUT2D eigenvalue weighted by molar-refractivity contribution is 9.10. The molecule has 4 nitrogen and oxygen atoms in total. The van der Waals surface area contributed by atoms with Crippen LogP contribution in [0, 0.1) is 0 Å². The van der Waals surface area contributed by atoms with Gasteiger partial charge in [0.1, 0.15) is 4.47 Å². The number of hydrogen-bond acceptors (Lipinski definition) is 3. The zero-order valence-electron chi connectivity index (χ0n) is 8.51. The standard InChI is InChI=1S/C11H10BrN3O/c12-10-7-14-8-15(11(10)16)6-3-9-1-4-13-5-2-9/h1-2,4-5,7-8H,3,6H2. The van der Waals surface area contributed by atoms with Crippen molar-refractivity contribution in [1.29, 1.82) is 0 Å². The Balaban J connectivity index is 2.11. The Morgan fingerprint density at radius 2 is 2.00 bits per heavy atom. The molecule has 2 aromatic heterocycles. The van der Waals surface area contributed by atoms with E-state index in [2.05, 4.69) is 25.9 Å². The Labute approximate surface area is 101 Å². The maximum atomic E-state index is 11.7. The summed E-state index contributed by atoms with van der Waals surface area (Å²) < 4.78 is 2.08. The first-order valence-corrected chi connectivity index (χ1v) is 5.65. The molecule has 0 saturated heterocycles. The molecular weight excluding hydrogens is 270 g/mol. The minimum atomic E-state index is -0.0518. The molecule has 0 fully saturated rings. The van der Waals surface area contributed by atoms with Crippen molar-refractivity contribution in [2.75, 3.05) is 0 Å². The highest BCUT2D eigenvalue weighted by Gasteiger charge is 2.00. The third-order valence-corrected chi connectivity index (χ3v) is 2.79. The molecule has 0 saturated carbocycles. The summed E-state index contributed by atoms with van der Waals surface area (Å²) in [5.74, 6) is 0. The molecule has 0 N–H and O–H groups in total. The van der Waals surface area contributed by atoms with Gasteiger partial charge < -0.3 is 0 Å². The van der Waals surface area contributed by atoms with Crippen LogP contribution in [-0.4, -0.2) is 14.5 Å². The van der Waals surface area contributed by atoms with Gasteiger partial charge in [0.25, 0.3) is 5.56 Å². The molecule has 0 unspecified atom stereocenters. The third kappa shape index (κ3) is 2.55. The number of rotatable bonds is 3. The van der Waals surface area contributed by atoms with Gasteiger partial charge in [-0.2, -0.15) is 0 Å². The fourth-order valence-corrected chi connectivity index (χ4v) is 1.73. The SMILES string of the molecule is O=c1c(Br)cncn1CCc1ccncc1. The monoisotopic (exact) mass is 279 g/mol.